The average molecular weight is 376 g/mol. The number of benzene rings is 2. The van der Waals surface area contributed by atoms with Crippen LogP contribution in [0.3, 0.4) is 0 Å². The molecule has 1 N–H and O–H groups in total. The molecule has 1 unspecified atom stereocenters. The maximum absolute atomic E-state index is 12.0. The molecular weight excluding hydrogens is 354 g/mol. The number of ether oxygens (including phenoxy) is 3. The Balaban J connectivity index is 1.33. The SMILES string of the molecule is Cc1cc(Cl)ccc1OCCCC(=O)NCC1COc2ccccc2O1. The largest absolute Gasteiger partial charge is 0.493 e. The molecule has 1 heterocycles. The van der Waals surface area contributed by atoms with Gasteiger partial charge in [0.05, 0.1) is 13.2 Å². The van der Waals surface area contributed by atoms with Crippen molar-refractivity contribution in [2.45, 2.75) is 25.9 Å². The highest BCUT2D eigenvalue weighted by Gasteiger charge is 2.20. The lowest BCUT2D eigenvalue weighted by Crippen LogP contribution is -2.40. The predicted octanol–water partition coefficient (Wildman–Crippen LogP) is 3.76. The van der Waals surface area contributed by atoms with Crippen molar-refractivity contribution in [1.29, 1.82) is 0 Å². The van der Waals surface area contributed by atoms with Crippen LogP contribution >= 0.6 is 11.6 Å². The molecule has 0 saturated heterocycles. The zero-order chi connectivity index (χ0) is 18.4. The number of amides is 1. The molecule has 0 spiro atoms. The van der Waals surface area contributed by atoms with Crippen molar-refractivity contribution < 1.29 is 19.0 Å². The minimum atomic E-state index is -0.179. The van der Waals surface area contributed by atoms with Gasteiger partial charge in [-0.25, -0.2) is 0 Å². The smallest absolute Gasteiger partial charge is 0.220 e. The summed E-state index contributed by atoms with van der Waals surface area (Å²) in [6.45, 7) is 3.27. The third kappa shape index (κ3) is 5.05. The van der Waals surface area contributed by atoms with E-state index in [4.69, 9.17) is 25.8 Å². The summed E-state index contributed by atoms with van der Waals surface area (Å²) in [6.07, 6.45) is 0.858. The quantitative estimate of drug-likeness (QED) is 0.748. The van der Waals surface area contributed by atoms with Gasteiger partial charge in [0.15, 0.2) is 11.5 Å². The number of hydrogen-bond donors (Lipinski definition) is 1. The fourth-order valence-corrected chi connectivity index (χ4v) is 2.90. The molecule has 0 fully saturated rings. The standard InChI is InChI=1S/C20H22ClNO4/c1-14-11-15(21)8-9-17(14)24-10-4-7-20(23)22-12-16-13-25-18-5-2-3-6-19(18)26-16/h2-3,5-6,8-9,11,16H,4,7,10,12-13H2,1H3,(H,22,23). The Labute approximate surface area is 158 Å². The van der Waals surface area contributed by atoms with Gasteiger partial charge in [-0.05, 0) is 49.2 Å². The van der Waals surface area contributed by atoms with E-state index in [9.17, 15) is 4.79 Å². The van der Waals surface area contributed by atoms with Crippen molar-refractivity contribution >= 4 is 17.5 Å². The van der Waals surface area contributed by atoms with E-state index in [1.807, 2.05) is 43.3 Å². The maximum Gasteiger partial charge on any atom is 0.220 e. The monoisotopic (exact) mass is 375 g/mol. The topological polar surface area (TPSA) is 56.8 Å². The van der Waals surface area contributed by atoms with Crippen LogP contribution in [0.25, 0.3) is 0 Å². The Morgan fingerprint density at radius 3 is 2.88 bits per heavy atom. The van der Waals surface area contributed by atoms with E-state index < -0.39 is 0 Å². The van der Waals surface area contributed by atoms with Crippen LogP contribution in [0.15, 0.2) is 42.5 Å². The first-order valence-corrected chi connectivity index (χ1v) is 9.04. The number of carbonyl (C=O) groups is 1. The van der Waals surface area contributed by atoms with E-state index in [1.54, 1.807) is 6.07 Å². The first-order chi connectivity index (χ1) is 12.6. The van der Waals surface area contributed by atoms with Crippen molar-refractivity contribution in [1.82, 2.24) is 5.32 Å². The van der Waals surface area contributed by atoms with Crippen LogP contribution in [0.2, 0.25) is 5.02 Å². The third-order valence-corrected chi connectivity index (χ3v) is 4.27. The molecule has 0 radical (unpaired) electrons. The van der Waals surface area contributed by atoms with Crippen LogP contribution in [0.5, 0.6) is 17.2 Å². The number of hydrogen-bond acceptors (Lipinski definition) is 4. The van der Waals surface area contributed by atoms with E-state index in [-0.39, 0.29) is 12.0 Å². The third-order valence-electron chi connectivity index (χ3n) is 4.04. The number of halogens is 1. The molecule has 2 aromatic rings. The molecule has 0 bridgehead atoms. The Morgan fingerprint density at radius 2 is 2.08 bits per heavy atom. The van der Waals surface area contributed by atoms with Crippen LogP contribution in [-0.4, -0.2) is 31.8 Å². The normalized spacial score (nSPS) is 15.4. The van der Waals surface area contributed by atoms with Gasteiger partial charge in [-0.1, -0.05) is 23.7 Å². The highest BCUT2D eigenvalue weighted by Crippen LogP contribution is 2.30. The number of fused-ring (bicyclic) bond motifs is 1. The van der Waals surface area contributed by atoms with Crippen molar-refractivity contribution in [2.24, 2.45) is 0 Å². The molecule has 1 aliphatic heterocycles. The van der Waals surface area contributed by atoms with Crippen LogP contribution in [0, 0.1) is 6.92 Å². The first-order valence-electron chi connectivity index (χ1n) is 8.66. The Kier molecular flexibility index (Phi) is 6.23. The van der Waals surface area contributed by atoms with Gasteiger partial charge in [0.25, 0.3) is 0 Å². The van der Waals surface area contributed by atoms with Gasteiger partial charge in [-0.2, -0.15) is 0 Å². The highest BCUT2D eigenvalue weighted by molar-refractivity contribution is 6.30. The summed E-state index contributed by atoms with van der Waals surface area (Å²) in [5.74, 6) is 2.22. The minimum absolute atomic E-state index is 0.0242. The maximum atomic E-state index is 12.0. The van der Waals surface area contributed by atoms with Crippen molar-refractivity contribution in [3.05, 3.63) is 53.1 Å². The molecule has 6 heteroatoms. The van der Waals surface area contributed by atoms with Crippen LogP contribution < -0.4 is 19.5 Å². The van der Waals surface area contributed by atoms with Gasteiger partial charge < -0.3 is 19.5 Å². The summed E-state index contributed by atoms with van der Waals surface area (Å²) in [5, 5.41) is 3.57. The van der Waals surface area contributed by atoms with E-state index in [0.29, 0.717) is 43.4 Å². The van der Waals surface area contributed by atoms with Crippen LogP contribution in [0.1, 0.15) is 18.4 Å². The van der Waals surface area contributed by atoms with Gasteiger partial charge >= 0.3 is 0 Å². The fraction of sp³-hybridized carbons (Fsp3) is 0.350. The number of rotatable bonds is 7. The number of aryl methyl sites for hydroxylation is 1. The predicted molar refractivity (Wildman–Crippen MR) is 100 cm³/mol. The van der Waals surface area contributed by atoms with Gasteiger partial charge in [0.1, 0.15) is 18.5 Å². The second-order valence-corrected chi connectivity index (χ2v) is 6.60. The molecule has 5 nitrogen and oxygen atoms in total. The van der Waals surface area contributed by atoms with Gasteiger partial charge in [0.2, 0.25) is 5.91 Å². The van der Waals surface area contributed by atoms with Gasteiger partial charge in [-0.15, -0.1) is 0 Å². The lowest BCUT2D eigenvalue weighted by molar-refractivity contribution is -0.121. The Hall–Kier alpha value is -2.40. The molecule has 1 atom stereocenters. The van der Waals surface area contributed by atoms with Crippen LogP contribution in [-0.2, 0) is 4.79 Å². The molecule has 26 heavy (non-hydrogen) atoms. The first kappa shape index (κ1) is 18.4. The highest BCUT2D eigenvalue weighted by atomic mass is 35.5. The number of nitrogens with one attached hydrogen (secondary N) is 1. The summed E-state index contributed by atoms with van der Waals surface area (Å²) in [6, 6.07) is 13.0. The van der Waals surface area contributed by atoms with Crippen molar-refractivity contribution in [2.75, 3.05) is 19.8 Å². The number of carbonyl (C=O) groups excluding carboxylic acids is 1. The second kappa shape index (κ2) is 8.81. The van der Waals surface area contributed by atoms with E-state index >= 15 is 0 Å². The average Bonchev–Trinajstić information content (AvgIpc) is 2.65. The lowest BCUT2D eigenvalue weighted by Gasteiger charge is -2.26. The second-order valence-electron chi connectivity index (χ2n) is 6.16. The van der Waals surface area contributed by atoms with E-state index in [2.05, 4.69) is 5.32 Å². The summed E-state index contributed by atoms with van der Waals surface area (Å²) < 4.78 is 17.1. The lowest BCUT2D eigenvalue weighted by atomic mass is 10.2. The van der Waals surface area contributed by atoms with Crippen molar-refractivity contribution in [3.63, 3.8) is 0 Å². The summed E-state index contributed by atoms with van der Waals surface area (Å²) >= 11 is 5.92. The van der Waals surface area contributed by atoms with Crippen LogP contribution in [0.4, 0.5) is 0 Å². The molecule has 0 saturated carbocycles. The molecule has 138 valence electrons. The molecule has 0 aromatic heterocycles. The molecule has 3 rings (SSSR count). The molecule has 2 aromatic carbocycles. The molecular formula is C20H22ClNO4. The molecule has 1 aliphatic rings. The fourth-order valence-electron chi connectivity index (χ4n) is 2.67. The Bertz CT molecular complexity index is 765. The van der Waals surface area contributed by atoms with Gasteiger partial charge in [-0.3, -0.25) is 4.79 Å². The van der Waals surface area contributed by atoms with E-state index in [0.717, 1.165) is 17.1 Å². The van der Waals surface area contributed by atoms with Crippen molar-refractivity contribution in [3.8, 4) is 17.2 Å². The zero-order valence-electron chi connectivity index (χ0n) is 14.7. The molecule has 0 aliphatic carbocycles. The van der Waals surface area contributed by atoms with E-state index in [1.165, 1.54) is 0 Å². The summed E-state index contributed by atoms with van der Waals surface area (Å²) in [7, 11) is 0. The zero-order valence-corrected chi connectivity index (χ0v) is 15.4. The minimum Gasteiger partial charge on any atom is -0.493 e. The van der Waals surface area contributed by atoms with Gasteiger partial charge in [0, 0.05) is 11.4 Å². The summed E-state index contributed by atoms with van der Waals surface area (Å²) in [5.41, 5.74) is 0.983. The Morgan fingerprint density at radius 1 is 1.27 bits per heavy atom. The molecule has 1 amide bonds. The summed E-state index contributed by atoms with van der Waals surface area (Å²) in [4.78, 5) is 12.0. The number of para-hydroxylation sites is 2.